The summed E-state index contributed by atoms with van der Waals surface area (Å²) in [5.41, 5.74) is 5.73. The summed E-state index contributed by atoms with van der Waals surface area (Å²) < 4.78 is -0.279. The van der Waals surface area contributed by atoms with Gasteiger partial charge in [-0.1, -0.05) is 31.0 Å². The van der Waals surface area contributed by atoms with E-state index in [1.165, 1.54) is 4.90 Å². The average molecular weight is 292 g/mol. The minimum absolute atomic E-state index is 0.136. The smallest absolute Gasteiger partial charge is 0.236 e. The summed E-state index contributed by atoms with van der Waals surface area (Å²) in [6, 6.07) is 10.4. The molecule has 1 fully saturated rings. The van der Waals surface area contributed by atoms with Crippen LogP contribution in [0.4, 0.5) is 0 Å². The predicted molar refractivity (Wildman–Crippen MR) is 84.8 cm³/mol. The molecular formula is C16H24N2OS. The van der Waals surface area contributed by atoms with Gasteiger partial charge in [-0.25, -0.2) is 0 Å². The SMILES string of the molecule is CC(N)CCNC(=O)C1(Sc2ccccc2)CCCC1. The molecule has 3 nitrogen and oxygen atoms in total. The standard InChI is InChI=1S/C16H24N2OS/c1-13(17)9-12-18-15(19)16(10-5-6-11-16)20-14-7-3-2-4-8-14/h2-4,7-8,13H,5-6,9-12,17H2,1H3,(H,18,19). The van der Waals surface area contributed by atoms with Gasteiger partial charge in [0.05, 0.1) is 4.75 Å². The van der Waals surface area contributed by atoms with Crippen LogP contribution in [-0.4, -0.2) is 23.2 Å². The molecule has 2 rings (SSSR count). The van der Waals surface area contributed by atoms with Crippen molar-refractivity contribution in [3.63, 3.8) is 0 Å². The number of hydrogen-bond acceptors (Lipinski definition) is 3. The summed E-state index contributed by atoms with van der Waals surface area (Å²) in [5, 5.41) is 3.08. The zero-order valence-electron chi connectivity index (χ0n) is 12.1. The van der Waals surface area contributed by atoms with E-state index < -0.39 is 0 Å². The number of hydrogen-bond donors (Lipinski definition) is 2. The highest BCUT2D eigenvalue weighted by Gasteiger charge is 2.41. The van der Waals surface area contributed by atoms with Crippen molar-refractivity contribution in [2.24, 2.45) is 5.73 Å². The summed E-state index contributed by atoms with van der Waals surface area (Å²) in [6.07, 6.45) is 5.05. The Balaban J connectivity index is 2.00. The number of thioether (sulfide) groups is 1. The Morgan fingerprint density at radius 3 is 2.60 bits per heavy atom. The number of carbonyl (C=O) groups is 1. The Kier molecular flexibility index (Phi) is 5.49. The molecule has 20 heavy (non-hydrogen) atoms. The summed E-state index contributed by atoms with van der Waals surface area (Å²) in [4.78, 5) is 13.8. The first kappa shape index (κ1) is 15.4. The molecule has 1 aliphatic carbocycles. The number of nitrogens with two attached hydrogens (primary N) is 1. The highest BCUT2D eigenvalue weighted by molar-refractivity contribution is 8.01. The van der Waals surface area contributed by atoms with E-state index in [0.717, 1.165) is 32.1 Å². The van der Waals surface area contributed by atoms with Crippen LogP contribution in [-0.2, 0) is 4.79 Å². The molecule has 1 unspecified atom stereocenters. The number of rotatable bonds is 6. The molecule has 0 radical (unpaired) electrons. The third-order valence-electron chi connectivity index (χ3n) is 3.77. The van der Waals surface area contributed by atoms with Crippen molar-refractivity contribution in [3.05, 3.63) is 30.3 Å². The van der Waals surface area contributed by atoms with Crippen molar-refractivity contribution in [2.45, 2.75) is 54.7 Å². The van der Waals surface area contributed by atoms with Crippen LogP contribution in [0.25, 0.3) is 0 Å². The average Bonchev–Trinajstić information content (AvgIpc) is 2.89. The van der Waals surface area contributed by atoms with Crippen LogP contribution in [0, 0.1) is 0 Å². The minimum atomic E-state index is -0.279. The van der Waals surface area contributed by atoms with Crippen LogP contribution in [0.2, 0.25) is 0 Å². The molecule has 3 N–H and O–H groups in total. The second kappa shape index (κ2) is 7.14. The molecule has 4 heteroatoms. The lowest BCUT2D eigenvalue weighted by Gasteiger charge is -2.27. The Morgan fingerprint density at radius 1 is 1.35 bits per heavy atom. The Bertz CT molecular complexity index is 427. The van der Waals surface area contributed by atoms with Gasteiger partial charge in [-0.3, -0.25) is 4.79 Å². The first-order valence-corrected chi connectivity index (χ1v) is 8.22. The van der Waals surface area contributed by atoms with E-state index in [9.17, 15) is 4.79 Å². The third-order valence-corrected chi connectivity index (χ3v) is 5.26. The monoisotopic (exact) mass is 292 g/mol. The normalized spacial score (nSPS) is 18.7. The second-order valence-electron chi connectivity index (χ2n) is 5.64. The van der Waals surface area contributed by atoms with Crippen LogP contribution < -0.4 is 11.1 Å². The molecule has 1 atom stereocenters. The van der Waals surface area contributed by atoms with Crippen molar-refractivity contribution in [1.82, 2.24) is 5.32 Å². The van der Waals surface area contributed by atoms with Gasteiger partial charge in [-0.15, -0.1) is 11.8 Å². The zero-order valence-corrected chi connectivity index (χ0v) is 12.9. The fraction of sp³-hybridized carbons (Fsp3) is 0.562. The fourth-order valence-corrected chi connectivity index (χ4v) is 4.01. The van der Waals surface area contributed by atoms with Gasteiger partial charge in [0.1, 0.15) is 0 Å². The molecule has 110 valence electrons. The molecule has 0 aliphatic heterocycles. The third kappa shape index (κ3) is 4.00. The van der Waals surface area contributed by atoms with E-state index in [2.05, 4.69) is 17.4 Å². The fourth-order valence-electron chi connectivity index (χ4n) is 2.61. The first-order valence-electron chi connectivity index (χ1n) is 7.40. The maximum absolute atomic E-state index is 12.6. The molecule has 1 saturated carbocycles. The summed E-state index contributed by atoms with van der Waals surface area (Å²) in [7, 11) is 0. The van der Waals surface area contributed by atoms with Crippen LogP contribution in [0.5, 0.6) is 0 Å². The van der Waals surface area contributed by atoms with Crippen molar-refractivity contribution < 1.29 is 4.79 Å². The van der Waals surface area contributed by atoms with Gasteiger partial charge in [-0.2, -0.15) is 0 Å². The number of amides is 1. The van der Waals surface area contributed by atoms with Gasteiger partial charge in [0.25, 0.3) is 0 Å². The van der Waals surface area contributed by atoms with Gasteiger partial charge in [-0.05, 0) is 38.3 Å². The van der Waals surface area contributed by atoms with Crippen LogP contribution in [0.15, 0.2) is 35.2 Å². The van der Waals surface area contributed by atoms with Crippen LogP contribution >= 0.6 is 11.8 Å². The predicted octanol–water partition coefficient (Wildman–Crippen LogP) is 2.95. The summed E-state index contributed by atoms with van der Waals surface area (Å²) in [6.45, 7) is 2.64. The molecule has 0 spiro atoms. The van der Waals surface area contributed by atoms with Gasteiger partial charge in [0.2, 0.25) is 5.91 Å². The van der Waals surface area contributed by atoms with E-state index in [4.69, 9.17) is 5.73 Å². The molecule has 0 saturated heterocycles. The molecular weight excluding hydrogens is 268 g/mol. The Labute approximate surface area is 125 Å². The van der Waals surface area contributed by atoms with E-state index >= 15 is 0 Å². The van der Waals surface area contributed by atoms with Crippen molar-refractivity contribution in [1.29, 1.82) is 0 Å². The van der Waals surface area contributed by atoms with Crippen molar-refractivity contribution in [3.8, 4) is 0 Å². The highest BCUT2D eigenvalue weighted by Crippen LogP contribution is 2.45. The summed E-state index contributed by atoms with van der Waals surface area (Å²) in [5.74, 6) is 0.185. The Morgan fingerprint density at radius 2 is 2.00 bits per heavy atom. The van der Waals surface area contributed by atoms with Crippen molar-refractivity contribution >= 4 is 17.7 Å². The first-order chi connectivity index (χ1) is 9.62. The van der Waals surface area contributed by atoms with E-state index in [1.54, 1.807) is 11.8 Å². The molecule has 1 aromatic rings. The van der Waals surface area contributed by atoms with E-state index in [1.807, 2.05) is 25.1 Å². The number of nitrogens with one attached hydrogen (secondary N) is 1. The van der Waals surface area contributed by atoms with Gasteiger partial charge in [0.15, 0.2) is 0 Å². The molecule has 1 aromatic carbocycles. The van der Waals surface area contributed by atoms with E-state index in [0.29, 0.717) is 6.54 Å². The lowest BCUT2D eigenvalue weighted by molar-refractivity contribution is -0.123. The van der Waals surface area contributed by atoms with Crippen LogP contribution in [0.1, 0.15) is 39.0 Å². The van der Waals surface area contributed by atoms with Gasteiger partial charge in [0, 0.05) is 17.5 Å². The lowest BCUT2D eigenvalue weighted by Crippen LogP contribution is -2.43. The Hall–Kier alpha value is -1.00. The second-order valence-corrected chi connectivity index (χ2v) is 7.10. The molecule has 0 aromatic heterocycles. The van der Waals surface area contributed by atoms with E-state index in [-0.39, 0.29) is 16.7 Å². The van der Waals surface area contributed by atoms with Crippen molar-refractivity contribution in [2.75, 3.05) is 6.54 Å². The summed E-state index contributed by atoms with van der Waals surface area (Å²) >= 11 is 1.72. The highest BCUT2D eigenvalue weighted by atomic mass is 32.2. The number of benzene rings is 1. The largest absolute Gasteiger partial charge is 0.355 e. The number of carbonyl (C=O) groups excluding carboxylic acids is 1. The minimum Gasteiger partial charge on any atom is -0.355 e. The van der Waals surface area contributed by atoms with Gasteiger partial charge >= 0.3 is 0 Å². The molecule has 0 bridgehead atoms. The maximum atomic E-state index is 12.6. The quantitative estimate of drug-likeness (QED) is 0.847. The maximum Gasteiger partial charge on any atom is 0.236 e. The molecule has 1 aliphatic rings. The molecule has 0 heterocycles. The topological polar surface area (TPSA) is 55.1 Å². The zero-order chi connectivity index (χ0) is 14.4. The molecule has 1 amide bonds. The van der Waals surface area contributed by atoms with Gasteiger partial charge < -0.3 is 11.1 Å². The van der Waals surface area contributed by atoms with Crippen LogP contribution in [0.3, 0.4) is 0 Å². The lowest BCUT2D eigenvalue weighted by atomic mass is 10.1.